The second kappa shape index (κ2) is 9.17. The number of carbonyl (C=O) groups is 2. The summed E-state index contributed by atoms with van der Waals surface area (Å²) in [6, 6.07) is 12.3. The molecule has 0 saturated heterocycles. The van der Waals surface area contributed by atoms with Gasteiger partial charge >= 0.3 is 6.03 Å². The number of rotatable bonds is 6. The Bertz CT molecular complexity index is 1340. The van der Waals surface area contributed by atoms with Crippen molar-refractivity contribution in [3.05, 3.63) is 64.6 Å². The number of amides is 3. The standard InChI is InChI=1S/C20H17ClN6O4S2/c1-22-13-4-2-12(3-5-13)15-10-18(28)27(25-15)17-8-6-14(11-23-17)24-20(29)26-33(30,31)19-9-7-16(21)32-19/h2-9,11,22H,10H2,1H3,(H2,24,26,29). The molecule has 0 radical (unpaired) electrons. The summed E-state index contributed by atoms with van der Waals surface area (Å²) in [7, 11) is -2.23. The number of nitrogens with one attached hydrogen (secondary N) is 3. The van der Waals surface area contributed by atoms with Crippen molar-refractivity contribution in [2.45, 2.75) is 10.6 Å². The number of aromatic nitrogens is 1. The Hall–Kier alpha value is -3.48. The lowest BCUT2D eigenvalue weighted by Crippen LogP contribution is -2.34. The van der Waals surface area contributed by atoms with Crippen molar-refractivity contribution in [2.24, 2.45) is 5.10 Å². The highest BCUT2D eigenvalue weighted by Crippen LogP contribution is 2.26. The number of hydrogen-bond acceptors (Lipinski definition) is 8. The fraction of sp³-hybridized carbons (Fsp3) is 0.100. The predicted molar refractivity (Wildman–Crippen MR) is 128 cm³/mol. The van der Waals surface area contributed by atoms with Crippen LogP contribution >= 0.6 is 22.9 Å². The zero-order valence-corrected chi connectivity index (χ0v) is 19.5. The van der Waals surface area contributed by atoms with Gasteiger partial charge in [-0.05, 0) is 42.0 Å². The van der Waals surface area contributed by atoms with E-state index in [1.807, 2.05) is 36.0 Å². The maximum absolute atomic E-state index is 12.4. The van der Waals surface area contributed by atoms with Crippen LogP contribution in [0.5, 0.6) is 0 Å². The van der Waals surface area contributed by atoms with Gasteiger partial charge in [0, 0.05) is 12.7 Å². The molecule has 170 valence electrons. The van der Waals surface area contributed by atoms with E-state index in [4.69, 9.17) is 11.6 Å². The minimum absolute atomic E-state index is 0.0852. The first kappa shape index (κ1) is 22.7. The number of benzene rings is 1. The molecule has 4 rings (SSSR count). The Morgan fingerprint density at radius 1 is 1.09 bits per heavy atom. The monoisotopic (exact) mass is 504 g/mol. The van der Waals surface area contributed by atoms with E-state index in [1.54, 1.807) is 0 Å². The van der Waals surface area contributed by atoms with Crippen molar-refractivity contribution in [1.29, 1.82) is 0 Å². The molecule has 0 bridgehead atoms. The summed E-state index contributed by atoms with van der Waals surface area (Å²) in [6.45, 7) is 0. The van der Waals surface area contributed by atoms with Crippen molar-refractivity contribution < 1.29 is 18.0 Å². The van der Waals surface area contributed by atoms with Crippen LogP contribution in [0.1, 0.15) is 12.0 Å². The first-order valence-electron chi connectivity index (χ1n) is 9.49. The zero-order chi connectivity index (χ0) is 23.6. The molecule has 3 aromatic rings. The van der Waals surface area contributed by atoms with Crippen LogP contribution in [0.4, 0.5) is 22.0 Å². The Morgan fingerprint density at radius 2 is 1.82 bits per heavy atom. The number of hydrazone groups is 1. The van der Waals surface area contributed by atoms with E-state index >= 15 is 0 Å². The van der Waals surface area contributed by atoms with Gasteiger partial charge in [0.2, 0.25) is 0 Å². The van der Waals surface area contributed by atoms with Gasteiger partial charge in [-0.3, -0.25) is 4.79 Å². The van der Waals surface area contributed by atoms with Crippen LogP contribution in [0.3, 0.4) is 0 Å². The third kappa shape index (κ3) is 5.13. The van der Waals surface area contributed by atoms with E-state index < -0.39 is 16.1 Å². The van der Waals surface area contributed by atoms with Gasteiger partial charge in [0.1, 0.15) is 4.21 Å². The molecular weight excluding hydrogens is 488 g/mol. The normalized spacial score (nSPS) is 13.6. The van der Waals surface area contributed by atoms with Gasteiger partial charge in [-0.15, -0.1) is 11.3 Å². The summed E-state index contributed by atoms with van der Waals surface area (Å²) in [5.74, 6) is 0.0306. The molecule has 33 heavy (non-hydrogen) atoms. The molecule has 0 saturated carbocycles. The van der Waals surface area contributed by atoms with Crippen LogP contribution in [0, 0.1) is 0 Å². The smallest absolute Gasteiger partial charge is 0.333 e. The molecule has 1 aliphatic rings. The molecule has 0 fully saturated rings. The highest BCUT2D eigenvalue weighted by Gasteiger charge is 2.27. The molecule has 2 aromatic heterocycles. The van der Waals surface area contributed by atoms with Crippen LogP contribution in [0.15, 0.2) is 64.0 Å². The lowest BCUT2D eigenvalue weighted by Gasteiger charge is -2.11. The Labute approximate surface area is 198 Å². The molecule has 3 N–H and O–H groups in total. The number of urea groups is 1. The lowest BCUT2D eigenvalue weighted by atomic mass is 10.1. The molecule has 3 amide bonds. The maximum Gasteiger partial charge on any atom is 0.333 e. The largest absolute Gasteiger partial charge is 0.388 e. The van der Waals surface area contributed by atoms with Crippen molar-refractivity contribution >= 4 is 67.8 Å². The summed E-state index contributed by atoms with van der Waals surface area (Å²) in [5, 5.41) is 11.0. The quantitative estimate of drug-likeness (QED) is 0.470. The van der Waals surface area contributed by atoms with E-state index in [0.29, 0.717) is 5.71 Å². The van der Waals surface area contributed by atoms with Crippen molar-refractivity contribution in [1.82, 2.24) is 9.71 Å². The zero-order valence-electron chi connectivity index (χ0n) is 17.1. The molecule has 13 heteroatoms. The van der Waals surface area contributed by atoms with Gasteiger partial charge < -0.3 is 10.6 Å². The first-order chi connectivity index (χ1) is 15.7. The van der Waals surface area contributed by atoms with Gasteiger partial charge in [0.05, 0.1) is 28.4 Å². The molecule has 0 aliphatic carbocycles. The van der Waals surface area contributed by atoms with Crippen LogP contribution in [0.2, 0.25) is 4.34 Å². The van der Waals surface area contributed by atoms with Gasteiger partial charge in [0.15, 0.2) is 5.82 Å². The lowest BCUT2D eigenvalue weighted by molar-refractivity contribution is -0.116. The Kier molecular flexibility index (Phi) is 6.31. The SMILES string of the molecule is CNc1ccc(C2=NN(c3ccc(NC(=O)NS(=O)(=O)c4ccc(Cl)s4)cn3)C(=O)C2)cc1. The third-order valence-corrected chi connectivity index (χ3v) is 7.60. The van der Waals surface area contributed by atoms with Crippen molar-refractivity contribution in [3.8, 4) is 0 Å². The molecule has 0 atom stereocenters. The maximum atomic E-state index is 12.4. The van der Waals surface area contributed by atoms with E-state index in [1.165, 1.54) is 35.5 Å². The molecule has 0 spiro atoms. The number of halogens is 1. The van der Waals surface area contributed by atoms with E-state index in [0.717, 1.165) is 22.6 Å². The summed E-state index contributed by atoms with van der Waals surface area (Å²) >= 11 is 6.57. The number of nitrogens with zero attached hydrogens (tertiary/aromatic N) is 3. The molecule has 1 aromatic carbocycles. The summed E-state index contributed by atoms with van der Waals surface area (Å²) in [5.41, 5.74) is 2.62. The Morgan fingerprint density at radius 3 is 2.42 bits per heavy atom. The topological polar surface area (TPSA) is 133 Å². The van der Waals surface area contributed by atoms with Gasteiger partial charge in [-0.2, -0.15) is 10.1 Å². The molecule has 10 nitrogen and oxygen atoms in total. The number of carbonyl (C=O) groups excluding carboxylic acids is 2. The highest BCUT2D eigenvalue weighted by molar-refractivity contribution is 7.92. The van der Waals surface area contributed by atoms with E-state index in [9.17, 15) is 18.0 Å². The fourth-order valence-corrected chi connectivity index (χ4v) is 5.34. The molecule has 3 heterocycles. The average molecular weight is 505 g/mol. The first-order valence-corrected chi connectivity index (χ1v) is 12.2. The minimum Gasteiger partial charge on any atom is -0.388 e. The predicted octanol–water partition coefficient (Wildman–Crippen LogP) is 3.49. The number of anilines is 3. The molecular formula is C20H17ClN6O4S2. The van der Waals surface area contributed by atoms with Gasteiger partial charge in [-0.1, -0.05) is 23.7 Å². The average Bonchev–Trinajstić information content (AvgIpc) is 3.40. The third-order valence-electron chi connectivity index (χ3n) is 4.55. The van der Waals surface area contributed by atoms with E-state index in [-0.39, 0.29) is 32.4 Å². The van der Waals surface area contributed by atoms with Gasteiger partial charge in [-0.25, -0.2) is 22.9 Å². The van der Waals surface area contributed by atoms with Crippen LogP contribution in [-0.4, -0.2) is 38.1 Å². The second-order valence-electron chi connectivity index (χ2n) is 6.78. The molecule has 1 aliphatic heterocycles. The number of sulfonamides is 1. The van der Waals surface area contributed by atoms with Crippen molar-refractivity contribution in [2.75, 3.05) is 22.7 Å². The second-order valence-corrected chi connectivity index (χ2v) is 10.4. The summed E-state index contributed by atoms with van der Waals surface area (Å²) in [4.78, 5) is 28.7. The number of pyridine rings is 1. The van der Waals surface area contributed by atoms with Crippen molar-refractivity contribution in [3.63, 3.8) is 0 Å². The molecule has 0 unspecified atom stereocenters. The van der Waals surface area contributed by atoms with Crippen LogP contribution in [0.25, 0.3) is 0 Å². The van der Waals surface area contributed by atoms with Gasteiger partial charge in [0.25, 0.3) is 15.9 Å². The van der Waals surface area contributed by atoms with Crippen LogP contribution in [-0.2, 0) is 14.8 Å². The fourth-order valence-electron chi connectivity index (χ4n) is 2.95. The Balaban J connectivity index is 1.42. The summed E-state index contributed by atoms with van der Waals surface area (Å²) in [6.07, 6.45) is 1.43. The van der Waals surface area contributed by atoms with E-state index in [2.05, 4.69) is 20.7 Å². The minimum atomic E-state index is -4.05. The highest BCUT2D eigenvalue weighted by atomic mass is 35.5. The number of hydrogen-bond donors (Lipinski definition) is 3. The number of thiophene rings is 1. The van der Waals surface area contributed by atoms with Crippen LogP contribution < -0.4 is 20.4 Å². The summed E-state index contributed by atoms with van der Waals surface area (Å²) < 4.78 is 26.5.